The molecule has 0 spiro atoms. The Kier molecular flexibility index (Phi) is 4.69. The highest BCUT2D eigenvalue weighted by atomic mass is 16.2. The van der Waals surface area contributed by atoms with Crippen LogP contribution in [0.3, 0.4) is 0 Å². The molecule has 0 atom stereocenters. The van der Waals surface area contributed by atoms with Gasteiger partial charge in [0, 0.05) is 32.4 Å². The zero-order valence-corrected chi connectivity index (χ0v) is 14.4. The molecular formula is C17H22N6O. The van der Waals surface area contributed by atoms with Crippen LogP contribution in [0.5, 0.6) is 0 Å². The lowest BCUT2D eigenvalue weighted by Gasteiger charge is -2.22. The fourth-order valence-electron chi connectivity index (χ4n) is 2.87. The summed E-state index contributed by atoms with van der Waals surface area (Å²) in [5, 5.41) is 8.37. The van der Waals surface area contributed by atoms with Crippen LogP contribution in [-0.4, -0.2) is 57.2 Å². The van der Waals surface area contributed by atoms with Crippen molar-refractivity contribution in [3.63, 3.8) is 0 Å². The lowest BCUT2D eigenvalue weighted by Crippen LogP contribution is -2.36. The van der Waals surface area contributed by atoms with E-state index in [0.29, 0.717) is 17.9 Å². The molecule has 2 aromatic heterocycles. The van der Waals surface area contributed by atoms with E-state index in [4.69, 9.17) is 0 Å². The van der Waals surface area contributed by atoms with E-state index in [1.54, 1.807) is 6.20 Å². The predicted octanol–water partition coefficient (Wildman–Crippen LogP) is 1.54. The van der Waals surface area contributed by atoms with Crippen molar-refractivity contribution in [1.82, 2.24) is 25.1 Å². The normalized spacial score (nSPS) is 15.3. The van der Waals surface area contributed by atoms with Crippen molar-refractivity contribution in [2.75, 3.05) is 31.1 Å². The predicted molar refractivity (Wildman–Crippen MR) is 91.0 cm³/mol. The Labute approximate surface area is 141 Å². The third-order valence-electron chi connectivity index (χ3n) is 4.22. The topological polar surface area (TPSA) is 75.1 Å². The number of nitrogens with zero attached hydrogens (tertiary/aromatic N) is 6. The molecule has 0 N–H and O–H groups in total. The number of carbonyl (C=O) groups excluding carboxylic acids is 1. The van der Waals surface area contributed by atoms with Gasteiger partial charge in [-0.2, -0.15) is 5.10 Å². The van der Waals surface area contributed by atoms with Crippen LogP contribution in [0.25, 0.3) is 0 Å². The van der Waals surface area contributed by atoms with Crippen LogP contribution in [0.4, 0.5) is 5.82 Å². The Morgan fingerprint density at radius 2 is 1.88 bits per heavy atom. The summed E-state index contributed by atoms with van der Waals surface area (Å²) in [5.41, 5.74) is 2.22. The van der Waals surface area contributed by atoms with E-state index in [1.807, 2.05) is 37.8 Å². The Morgan fingerprint density at radius 1 is 1.04 bits per heavy atom. The first-order valence-corrected chi connectivity index (χ1v) is 8.19. The molecule has 0 bridgehead atoms. The molecule has 0 radical (unpaired) electrons. The monoisotopic (exact) mass is 326 g/mol. The van der Waals surface area contributed by atoms with Gasteiger partial charge in [-0.25, -0.2) is 9.97 Å². The summed E-state index contributed by atoms with van der Waals surface area (Å²) in [6.07, 6.45) is 2.53. The molecule has 0 aliphatic carbocycles. The highest BCUT2D eigenvalue weighted by Crippen LogP contribution is 2.15. The number of rotatable bonds is 2. The van der Waals surface area contributed by atoms with Crippen LogP contribution in [0.1, 0.15) is 34.0 Å². The first-order chi connectivity index (χ1) is 11.5. The molecule has 2 aromatic rings. The molecule has 0 aromatic carbocycles. The van der Waals surface area contributed by atoms with Gasteiger partial charge in [0.15, 0.2) is 5.82 Å². The Balaban J connectivity index is 1.71. The van der Waals surface area contributed by atoms with Gasteiger partial charge < -0.3 is 9.80 Å². The number of amides is 1. The minimum absolute atomic E-state index is 0.00402. The largest absolute Gasteiger partial charge is 0.353 e. The molecule has 7 heteroatoms. The van der Waals surface area contributed by atoms with Crippen molar-refractivity contribution in [3.05, 3.63) is 41.1 Å². The van der Waals surface area contributed by atoms with Crippen LogP contribution < -0.4 is 4.90 Å². The molecule has 7 nitrogen and oxygen atoms in total. The van der Waals surface area contributed by atoms with Gasteiger partial charge in [0.05, 0.1) is 17.0 Å². The number of aromatic nitrogens is 4. The quantitative estimate of drug-likeness (QED) is 0.833. The molecular weight excluding hydrogens is 304 g/mol. The Hall–Kier alpha value is -2.57. The lowest BCUT2D eigenvalue weighted by molar-refractivity contribution is 0.0765. The van der Waals surface area contributed by atoms with E-state index in [-0.39, 0.29) is 5.91 Å². The summed E-state index contributed by atoms with van der Waals surface area (Å²) in [6, 6.07) is 3.95. The second-order valence-corrected chi connectivity index (χ2v) is 6.08. The smallest absolute Gasteiger partial charge is 0.257 e. The molecule has 0 unspecified atom stereocenters. The molecule has 1 amide bonds. The van der Waals surface area contributed by atoms with Gasteiger partial charge in [-0.1, -0.05) is 0 Å². The summed E-state index contributed by atoms with van der Waals surface area (Å²) < 4.78 is 0. The summed E-state index contributed by atoms with van der Waals surface area (Å²) in [4.78, 5) is 25.3. The highest BCUT2D eigenvalue weighted by Gasteiger charge is 2.22. The zero-order chi connectivity index (χ0) is 17.1. The third kappa shape index (κ3) is 3.50. The number of hydrogen-bond acceptors (Lipinski definition) is 6. The van der Waals surface area contributed by atoms with E-state index in [2.05, 4.69) is 25.1 Å². The van der Waals surface area contributed by atoms with E-state index in [0.717, 1.165) is 43.3 Å². The number of hydrogen-bond donors (Lipinski definition) is 0. The minimum atomic E-state index is 0.00402. The molecule has 3 rings (SSSR count). The second kappa shape index (κ2) is 6.90. The number of aryl methyl sites for hydroxylation is 3. The average Bonchev–Trinajstić information content (AvgIpc) is 2.81. The van der Waals surface area contributed by atoms with Crippen molar-refractivity contribution < 1.29 is 4.79 Å². The second-order valence-electron chi connectivity index (χ2n) is 6.08. The van der Waals surface area contributed by atoms with Gasteiger partial charge in [0.25, 0.3) is 5.91 Å². The average molecular weight is 326 g/mol. The van der Waals surface area contributed by atoms with Gasteiger partial charge in [0.1, 0.15) is 5.82 Å². The Morgan fingerprint density at radius 3 is 2.58 bits per heavy atom. The van der Waals surface area contributed by atoms with Crippen molar-refractivity contribution >= 4 is 11.7 Å². The van der Waals surface area contributed by atoms with Crippen LogP contribution >= 0.6 is 0 Å². The van der Waals surface area contributed by atoms with Crippen molar-refractivity contribution in [1.29, 1.82) is 0 Å². The molecule has 1 saturated heterocycles. The number of anilines is 1. The van der Waals surface area contributed by atoms with Gasteiger partial charge in [-0.15, -0.1) is 5.10 Å². The van der Waals surface area contributed by atoms with Crippen LogP contribution in [-0.2, 0) is 0 Å². The number of carbonyl (C=O) groups is 1. The minimum Gasteiger partial charge on any atom is -0.353 e. The van der Waals surface area contributed by atoms with Crippen molar-refractivity contribution in [2.45, 2.75) is 27.2 Å². The van der Waals surface area contributed by atoms with Gasteiger partial charge in [0.2, 0.25) is 0 Å². The molecule has 1 aliphatic heterocycles. The van der Waals surface area contributed by atoms with E-state index < -0.39 is 0 Å². The van der Waals surface area contributed by atoms with Crippen molar-refractivity contribution in [2.24, 2.45) is 0 Å². The van der Waals surface area contributed by atoms with Crippen LogP contribution in [0.15, 0.2) is 18.3 Å². The standard InChI is InChI=1S/C17H22N6O/c1-12-5-6-16(21-20-12)22-7-4-8-23(10-9-22)17(24)15-11-18-14(3)19-13(15)2/h5-6,11H,4,7-10H2,1-3H3. The molecule has 3 heterocycles. The lowest BCUT2D eigenvalue weighted by atomic mass is 10.2. The molecule has 1 aliphatic rings. The molecule has 0 saturated carbocycles. The SMILES string of the molecule is Cc1ccc(N2CCCN(C(=O)c3cnc(C)nc3C)CC2)nn1. The van der Waals surface area contributed by atoms with Gasteiger partial charge in [-0.3, -0.25) is 4.79 Å². The van der Waals surface area contributed by atoms with E-state index >= 15 is 0 Å². The summed E-state index contributed by atoms with van der Waals surface area (Å²) >= 11 is 0. The first kappa shape index (κ1) is 16.3. The zero-order valence-electron chi connectivity index (χ0n) is 14.4. The van der Waals surface area contributed by atoms with E-state index in [1.165, 1.54) is 0 Å². The summed E-state index contributed by atoms with van der Waals surface area (Å²) in [5.74, 6) is 1.55. The van der Waals surface area contributed by atoms with Crippen LogP contribution in [0, 0.1) is 20.8 Å². The molecule has 24 heavy (non-hydrogen) atoms. The first-order valence-electron chi connectivity index (χ1n) is 8.19. The van der Waals surface area contributed by atoms with E-state index in [9.17, 15) is 4.79 Å². The molecule has 1 fully saturated rings. The molecule has 126 valence electrons. The third-order valence-corrected chi connectivity index (χ3v) is 4.22. The maximum absolute atomic E-state index is 12.8. The van der Waals surface area contributed by atoms with Gasteiger partial charge in [-0.05, 0) is 39.3 Å². The fourth-order valence-corrected chi connectivity index (χ4v) is 2.87. The van der Waals surface area contributed by atoms with Crippen LogP contribution in [0.2, 0.25) is 0 Å². The maximum Gasteiger partial charge on any atom is 0.257 e. The Bertz CT molecular complexity index is 730. The summed E-state index contributed by atoms with van der Waals surface area (Å²) in [7, 11) is 0. The summed E-state index contributed by atoms with van der Waals surface area (Å²) in [6.45, 7) is 8.59. The van der Waals surface area contributed by atoms with Crippen molar-refractivity contribution in [3.8, 4) is 0 Å². The highest BCUT2D eigenvalue weighted by molar-refractivity contribution is 5.95. The fraction of sp³-hybridized carbons (Fsp3) is 0.471. The van der Waals surface area contributed by atoms with Gasteiger partial charge >= 0.3 is 0 Å². The maximum atomic E-state index is 12.8.